The maximum Gasteiger partial charge on any atom is 0.231 e. The van der Waals surface area contributed by atoms with Gasteiger partial charge >= 0.3 is 0 Å². The van der Waals surface area contributed by atoms with Gasteiger partial charge in [-0.1, -0.05) is 0 Å². The van der Waals surface area contributed by atoms with Crippen LogP contribution in [0.2, 0.25) is 0 Å². The van der Waals surface area contributed by atoms with E-state index in [2.05, 4.69) is 14.1 Å². The zero-order valence-corrected chi connectivity index (χ0v) is 19.3. The maximum atomic E-state index is 13.1. The molecule has 1 atom stereocenters. The lowest BCUT2D eigenvalue weighted by Crippen LogP contribution is -3.00. The van der Waals surface area contributed by atoms with Crippen molar-refractivity contribution in [2.24, 2.45) is 0 Å². The zero-order chi connectivity index (χ0) is 19.9. The van der Waals surface area contributed by atoms with Gasteiger partial charge in [0.15, 0.2) is 17.3 Å². The van der Waals surface area contributed by atoms with Crippen LogP contribution in [0.4, 0.5) is 0 Å². The minimum Gasteiger partial charge on any atom is -1.00 e. The van der Waals surface area contributed by atoms with Gasteiger partial charge in [0.05, 0.1) is 46.8 Å². The highest BCUT2D eigenvalue weighted by Crippen LogP contribution is 2.51. The standard InChI is InChI=1S/C22H26NO5.HI/c1-23(2)10-9-15-11-19-21(28-13-27-19)22(26-4)20(15)17(23)12-18(24)14-5-7-16(25-3)8-6-14;/h5-8,11,17H,9-10,12-13H2,1-4H3;1H/q+1;/p-1. The molecule has 29 heavy (non-hydrogen) atoms. The van der Waals surface area contributed by atoms with Gasteiger partial charge in [-0.25, -0.2) is 0 Å². The molecular weight excluding hydrogens is 485 g/mol. The topological polar surface area (TPSA) is 54.0 Å². The normalized spacial score (nSPS) is 18.4. The summed E-state index contributed by atoms with van der Waals surface area (Å²) in [5.41, 5.74) is 2.92. The van der Waals surface area contributed by atoms with Gasteiger partial charge in [0.25, 0.3) is 0 Å². The summed E-state index contributed by atoms with van der Waals surface area (Å²) in [6.07, 6.45) is 1.30. The highest BCUT2D eigenvalue weighted by atomic mass is 127. The molecule has 0 spiro atoms. The Bertz CT molecular complexity index is 910. The van der Waals surface area contributed by atoms with E-state index in [1.54, 1.807) is 14.2 Å². The number of rotatable bonds is 5. The van der Waals surface area contributed by atoms with Gasteiger partial charge in [0.2, 0.25) is 12.5 Å². The molecule has 1 unspecified atom stereocenters. The summed E-state index contributed by atoms with van der Waals surface area (Å²) < 4.78 is 22.9. The van der Waals surface area contributed by atoms with Gasteiger partial charge in [0.1, 0.15) is 11.8 Å². The number of benzene rings is 2. The van der Waals surface area contributed by atoms with E-state index in [1.165, 1.54) is 5.56 Å². The van der Waals surface area contributed by atoms with Crippen molar-refractivity contribution in [3.8, 4) is 23.0 Å². The lowest BCUT2D eigenvalue weighted by molar-refractivity contribution is -0.922. The molecule has 0 fully saturated rings. The fourth-order valence-electron chi connectivity index (χ4n) is 4.19. The van der Waals surface area contributed by atoms with E-state index in [-0.39, 0.29) is 42.6 Å². The molecule has 0 amide bonds. The van der Waals surface area contributed by atoms with E-state index in [9.17, 15) is 4.79 Å². The van der Waals surface area contributed by atoms with Crippen molar-refractivity contribution in [2.45, 2.75) is 18.9 Å². The van der Waals surface area contributed by atoms with Gasteiger partial charge in [-0.3, -0.25) is 4.79 Å². The summed E-state index contributed by atoms with van der Waals surface area (Å²) in [4.78, 5) is 13.1. The number of carbonyl (C=O) groups is 1. The molecule has 7 heteroatoms. The third kappa shape index (κ3) is 3.90. The first-order valence-electron chi connectivity index (χ1n) is 9.44. The molecule has 2 aliphatic rings. The molecule has 0 aliphatic carbocycles. The molecule has 2 aromatic rings. The molecule has 0 radical (unpaired) electrons. The number of ketones is 1. The molecule has 2 heterocycles. The maximum absolute atomic E-state index is 13.1. The minimum absolute atomic E-state index is 0. The van der Waals surface area contributed by atoms with Crippen molar-refractivity contribution in [1.82, 2.24) is 0 Å². The van der Waals surface area contributed by atoms with Crippen molar-refractivity contribution in [2.75, 3.05) is 41.7 Å². The highest BCUT2D eigenvalue weighted by Gasteiger charge is 2.42. The smallest absolute Gasteiger partial charge is 0.231 e. The monoisotopic (exact) mass is 511 g/mol. The molecule has 0 bridgehead atoms. The van der Waals surface area contributed by atoms with Gasteiger partial charge in [-0.15, -0.1) is 0 Å². The van der Waals surface area contributed by atoms with Crippen molar-refractivity contribution in [3.63, 3.8) is 0 Å². The first kappa shape index (κ1) is 21.7. The van der Waals surface area contributed by atoms with E-state index in [0.717, 1.165) is 30.0 Å². The summed E-state index contributed by atoms with van der Waals surface area (Å²) in [6.45, 7) is 1.14. The number of hydrogen-bond donors (Lipinski definition) is 0. The van der Waals surface area contributed by atoms with Crippen LogP contribution in [-0.4, -0.2) is 51.9 Å². The number of methoxy groups -OCH3 is 2. The minimum atomic E-state index is -0.0252. The van der Waals surface area contributed by atoms with Gasteiger partial charge in [-0.2, -0.15) is 0 Å². The Balaban J connectivity index is 0.00000240. The highest BCUT2D eigenvalue weighted by molar-refractivity contribution is 5.96. The van der Waals surface area contributed by atoms with Crippen molar-refractivity contribution < 1.29 is 52.2 Å². The molecule has 156 valence electrons. The van der Waals surface area contributed by atoms with Crippen LogP contribution in [0.15, 0.2) is 30.3 Å². The van der Waals surface area contributed by atoms with Crippen molar-refractivity contribution >= 4 is 5.78 Å². The van der Waals surface area contributed by atoms with Gasteiger partial charge in [-0.05, 0) is 35.9 Å². The molecule has 0 saturated heterocycles. The quantitative estimate of drug-likeness (QED) is 0.331. The molecule has 0 N–H and O–H groups in total. The molecular formula is C22H26INO5. The van der Waals surface area contributed by atoms with Crippen LogP contribution >= 0.6 is 0 Å². The largest absolute Gasteiger partial charge is 1.00 e. The summed E-state index contributed by atoms with van der Waals surface area (Å²) in [7, 11) is 7.60. The molecule has 2 aromatic carbocycles. The van der Waals surface area contributed by atoms with E-state index in [0.29, 0.717) is 28.0 Å². The number of quaternary nitrogens is 1. The molecule has 4 rings (SSSR count). The lowest BCUT2D eigenvalue weighted by atomic mass is 9.86. The number of ether oxygens (including phenoxy) is 4. The third-order valence-corrected chi connectivity index (χ3v) is 5.87. The summed E-state index contributed by atoms with van der Waals surface area (Å²) in [6, 6.07) is 9.30. The Morgan fingerprint density at radius 2 is 1.86 bits per heavy atom. The van der Waals surface area contributed by atoms with Gasteiger partial charge < -0.3 is 47.4 Å². The average molecular weight is 511 g/mol. The Hall–Kier alpha value is -2.00. The van der Waals surface area contributed by atoms with Gasteiger partial charge in [0, 0.05) is 12.0 Å². The Labute approximate surface area is 188 Å². The number of fused-ring (bicyclic) bond motifs is 2. The Morgan fingerprint density at radius 1 is 1.14 bits per heavy atom. The SMILES string of the molecule is COc1ccc(C(=O)CC2c3c(cc4c(c3OC)OCO4)CC[N+]2(C)C)cc1.[I-]. The molecule has 0 saturated carbocycles. The zero-order valence-electron chi connectivity index (χ0n) is 17.2. The Morgan fingerprint density at radius 3 is 2.52 bits per heavy atom. The second-order valence-electron chi connectivity index (χ2n) is 7.84. The van der Waals surface area contributed by atoms with Crippen LogP contribution in [0, 0.1) is 0 Å². The number of hydrogen-bond acceptors (Lipinski definition) is 5. The van der Waals surface area contributed by atoms with Crippen LogP contribution in [0.5, 0.6) is 23.0 Å². The number of likely N-dealkylation sites (N-methyl/N-ethyl adjacent to an activating group) is 1. The number of Topliss-reactive ketones (excluding diaryl/α,β-unsaturated/α-hetero) is 1. The van der Waals surface area contributed by atoms with Crippen LogP contribution in [0.3, 0.4) is 0 Å². The second-order valence-corrected chi connectivity index (χ2v) is 7.84. The van der Waals surface area contributed by atoms with Crippen molar-refractivity contribution in [1.29, 1.82) is 0 Å². The molecule has 2 aliphatic heterocycles. The second kappa shape index (κ2) is 8.39. The van der Waals surface area contributed by atoms with E-state index < -0.39 is 0 Å². The first-order valence-corrected chi connectivity index (χ1v) is 9.44. The third-order valence-electron chi connectivity index (χ3n) is 5.87. The first-order chi connectivity index (χ1) is 13.4. The number of halogens is 1. The fraction of sp³-hybridized carbons (Fsp3) is 0.409. The number of nitrogens with zero attached hydrogens (tertiary/aromatic N) is 1. The molecule has 6 nitrogen and oxygen atoms in total. The molecule has 0 aromatic heterocycles. The summed E-state index contributed by atoms with van der Waals surface area (Å²) >= 11 is 0. The van der Waals surface area contributed by atoms with Crippen molar-refractivity contribution in [3.05, 3.63) is 47.0 Å². The lowest BCUT2D eigenvalue weighted by Gasteiger charge is -2.43. The predicted octanol–water partition coefficient (Wildman–Crippen LogP) is 0.383. The predicted molar refractivity (Wildman–Crippen MR) is 104 cm³/mol. The van der Waals surface area contributed by atoms with Crippen LogP contribution in [0.1, 0.15) is 33.9 Å². The summed E-state index contributed by atoms with van der Waals surface area (Å²) in [5.74, 6) is 2.91. The Kier molecular flexibility index (Phi) is 6.28. The van der Waals surface area contributed by atoms with E-state index in [1.807, 2.05) is 30.3 Å². The van der Waals surface area contributed by atoms with Crippen LogP contribution < -0.4 is 42.9 Å². The average Bonchev–Trinajstić information content (AvgIpc) is 3.16. The number of carbonyl (C=O) groups excluding carboxylic acids is 1. The van der Waals surface area contributed by atoms with Crippen LogP contribution in [0.25, 0.3) is 0 Å². The van der Waals surface area contributed by atoms with E-state index in [4.69, 9.17) is 18.9 Å². The fourth-order valence-corrected chi connectivity index (χ4v) is 4.19. The summed E-state index contributed by atoms with van der Waals surface area (Å²) in [5, 5.41) is 0. The van der Waals surface area contributed by atoms with E-state index >= 15 is 0 Å². The van der Waals surface area contributed by atoms with Crippen LogP contribution in [-0.2, 0) is 6.42 Å².